The average Bonchev–Trinajstić information content (AvgIpc) is 3.03. The maximum atomic E-state index is 13.2. The maximum Gasteiger partial charge on any atom is 0.416 e. The van der Waals surface area contributed by atoms with Gasteiger partial charge in [-0.15, -0.1) is 0 Å². The van der Waals surface area contributed by atoms with E-state index in [2.05, 4.69) is 0 Å². The quantitative estimate of drug-likeness (QED) is 0.748. The molecule has 1 heterocycles. The SMILES string of the molecule is [2H]c1c([2H])c(C(F)(F)F)c([2H])c([2H])c1C1OC(N([2H])[2H])=C(C(c2ccccc2)S(=O)(=O)[O-])C1=O. The number of nitrogens with two attached hydrogens (primary N) is 1. The summed E-state index contributed by atoms with van der Waals surface area (Å²) in [4.78, 5) is 13.2. The molecule has 2 N–H and O–H groups in total. The van der Waals surface area contributed by atoms with Crippen molar-refractivity contribution in [3.05, 3.63) is 82.6 Å². The Balaban J connectivity index is 2.25. The van der Waals surface area contributed by atoms with Crippen LogP contribution in [0.15, 0.2) is 66.0 Å². The number of ketones is 1. The van der Waals surface area contributed by atoms with Crippen molar-refractivity contribution >= 4 is 15.9 Å². The molecule has 148 valence electrons. The first-order chi connectivity index (χ1) is 15.6. The molecule has 1 aliphatic rings. The number of alkyl halides is 3. The van der Waals surface area contributed by atoms with Crippen LogP contribution in [0.3, 0.4) is 0 Å². The molecular weight excluding hydrogens is 399 g/mol. The van der Waals surface area contributed by atoms with Crippen molar-refractivity contribution < 1.29 is 44.0 Å². The summed E-state index contributed by atoms with van der Waals surface area (Å²) in [6.07, 6.45) is -7.51. The van der Waals surface area contributed by atoms with E-state index < -0.39 is 80.2 Å². The summed E-state index contributed by atoms with van der Waals surface area (Å²) in [5.74, 6) is -2.49. The minimum Gasteiger partial charge on any atom is -0.747 e. The predicted octanol–water partition coefficient (Wildman–Crippen LogP) is 2.80. The molecule has 0 bridgehead atoms. The lowest BCUT2D eigenvalue weighted by Gasteiger charge is -2.21. The molecule has 0 spiro atoms. The number of carbonyl (C=O) groups is 1. The molecule has 0 saturated heterocycles. The van der Waals surface area contributed by atoms with Crippen molar-refractivity contribution in [2.75, 3.05) is 0 Å². The first kappa shape index (κ1) is 13.3. The Morgan fingerprint density at radius 2 is 1.79 bits per heavy atom. The first-order valence-electron chi connectivity index (χ1n) is 10.4. The van der Waals surface area contributed by atoms with Gasteiger partial charge >= 0.3 is 6.18 Å². The molecule has 0 amide bonds. The molecule has 2 aromatic carbocycles. The van der Waals surface area contributed by atoms with Crippen molar-refractivity contribution in [1.29, 1.82) is 0 Å². The third kappa shape index (κ3) is 3.73. The van der Waals surface area contributed by atoms with Gasteiger partial charge in [-0.1, -0.05) is 42.4 Å². The van der Waals surface area contributed by atoms with Gasteiger partial charge in [-0.2, -0.15) is 13.2 Å². The van der Waals surface area contributed by atoms with E-state index in [9.17, 15) is 30.9 Å². The van der Waals surface area contributed by atoms with Gasteiger partial charge in [-0.05, 0) is 17.6 Å². The molecular formula is C18H13F3NO5S-. The topological polar surface area (TPSA) is 110 Å². The van der Waals surface area contributed by atoms with E-state index in [4.69, 9.17) is 13.0 Å². The van der Waals surface area contributed by atoms with Gasteiger partial charge in [0.25, 0.3) is 0 Å². The van der Waals surface area contributed by atoms with Crippen LogP contribution in [0.25, 0.3) is 0 Å². The van der Waals surface area contributed by atoms with Crippen LogP contribution in [0, 0.1) is 0 Å². The monoisotopic (exact) mass is 418 g/mol. The molecule has 1 aliphatic heterocycles. The Hall–Kier alpha value is -2.85. The molecule has 2 aromatic rings. The average molecular weight is 418 g/mol. The summed E-state index contributed by atoms with van der Waals surface area (Å²) < 4.78 is 127. The third-order valence-corrected chi connectivity index (χ3v) is 4.89. The van der Waals surface area contributed by atoms with Crippen LogP contribution in [0.4, 0.5) is 13.2 Å². The number of Topliss-reactive ketones (excluding diaryl/α,β-unsaturated/α-hetero) is 1. The highest BCUT2D eigenvalue weighted by atomic mass is 32.2. The zero-order chi connectivity index (χ0) is 25.7. The molecule has 0 saturated carbocycles. The van der Waals surface area contributed by atoms with Gasteiger partial charge in [0.15, 0.2) is 14.8 Å². The summed E-state index contributed by atoms with van der Waals surface area (Å²) >= 11 is 0. The minimum absolute atomic E-state index is 0.239. The van der Waals surface area contributed by atoms with E-state index in [0.29, 0.717) is 0 Å². The van der Waals surface area contributed by atoms with Gasteiger partial charge < -0.3 is 15.0 Å². The standard InChI is InChI=1S/C18H14F3NO5S/c19-18(20,21)12-8-6-10(7-9-12)15-14(23)13(17(22)27-15)16(28(24,25)26)11-4-2-1-3-5-11/h1-9,15-16H,22H2,(H,24,25,26)/p-1/i6D,7D,8D,9D/hD2. The van der Waals surface area contributed by atoms with E-state index in [-0.39, 0.29) is 11.3 Å². The highest BCUT2D eigenvalue weighted by molar-refractivity contribution is 7.86. The Morgan fingerprint density at radius 3 is 2.29 bits per heavy atom. The highest BCUT2D eigenvalue weighted by Crippen LogP contribution is 2.41. The number of halogens is 3. The van der Waals surface area contributed by atoms with Crippen LogP contribution in [0.5, 0.6) is 0 Å². The number of ether oxygens (including phenoxy) is 1. The molecule has 10 heteroatoms. The van der Waals surface area contributed by atoms with E-state index in [1.165, 1.54) is 18.2 Å². The maximum absolute atomic E-state index is 13.2. The first-order valence-corrected chi connectivity index (χ1v) is 8.96. The minimum atomic E-state index is -5.39. The number of hydrogen-bond acceptors (Lipinski definition) is 6. The van der Waals surface area contributed by atoms with Crippen LogP contribution in [0.2, 0.25) is 2.82 Å². The molecule has 6 nitrogen and oxygen atoms in total. The number of carbonyl (C=O) groups excluding carboxylic acids is 1. The fourth-order valence-electron chi connectivity index (χ4n) is 2.61. The van der Waals surface area contributed by atoms with Crippen molar-refractivity contribution in [2.24, 2.45) is 5.72 Å². The highest BCUT2D eigenvalue weighted by Gasteiger charge is 2.42. The van der Waals surface area contributed by atoms with E-state index in [1.54, 1.807) is 0 Å². The summed E-state index contributed by atoms with van der Waals surface area (Å²) in [6, 6.07) is 0.821. The Labute approximate surface area is 166 Å². The molecule has 28 heavy (non-hydrogen) atoms. The predicted molar refractivity (Wildman–Crippen MR) is 90.4 cm³/mol. The van der Waals surface area contributed by atoms with Crippen molar-refractivity contribution in [3.63, 3.8) is 0 Å². The lowest BCUT2D eigenvalue weighted by atomic mass is 9.96. The van der Waals surface area contributed by atoms with Crippen molar-refractivity contribution in [1.82, 2.24) is 0 Å². The molecule has 0 radical (unpaired) electrons. The summed E-state index contributed by atoms with van der Waals surface area (Å²) in [5, 5.41) is -2.29. The smallest absolute Gasteiger partial charge is 0.416 e. The number of benzene rings is 2. The lowest BCUT2D eigenvalue weighted by molar-refractivity contribution is -0.137. The van der Waals surface area contributed by atoms with Crippen LogP contribution < -0.4 is 5.72 Å². The number of hydrogen-bond donors (Lipinski definition) is 1. The van der Waals surface area contributed by atoms with Crippen LogP contribution in [-0.4, -0.2) is 18.8 Å². The van der Waals surface area contributed by atoms with Gasteiger partial charge in [-0.25, -0.2) is 8.42 Å². The molecule has 0 aliphatic carbocycles. The molecule has 0 aromatic heterocycles. The van der Waals surface area contributed by atoms with Gasteiger partial charge in [0.1, 0.15) is 15.4 Å². The Morgan fingerprint density at radius 1 is 1.18 bits per heavy atom. The third-order valence-electron chi connectivity index (χ3n) is 3.81. The van der Waals surface area contributed by atoms with Crippen molar-refractivity contribution in [2.45, 2.75) is 17.5 Å². The number of rotatable bonds is 5. The zero-order valence-corrected chi connectivity index (χ0v) is 14.4. The second kappa shape index (κ2) is 6.95. The van der Waals surface area contributed by atoms with Crippen LogP contribution >= 0.6 is 0 Å². The van der Waals surface area contributed by atoms with Gasteiger partial charge in [0.05, 0.1) is 16.6 Å². The normalized spacial score (nSPS) is 21.7. The summed E-state index contributed by atoms with van der Waals surface area (Å²) in [7, 11) is -5.39. The molecule has 0 fully saturated rings. The van der Waals surface area contributed by atoms with Crippen LogP contribution in [0.1, 0.15) is 33.5 Å². The second-order valence-electron chi connectivity index (χ2n) is 5.65. The zero-order valence-electron chi connectivity index (χ0n) is 19.6. The molecule has 2 atom stereocenters. The van der Waals surface area contributed by atoms with Crippen LogP contribution in [-0.2, 0) is 25.8 Å². The molecule has 2 unspecified atom stereocenters. The van der Waals surface area contributed by atoms with E-state index in [1.807, 2.05) is 0 Å². The second-order valence-corrected chi connectivity index (χ2v) is 7.11. The van der Waals surface area contributed by atoms with Gasteiger partial charge in [0, 0.05) is 5.56 Å². The Kier molecular flexibility index (Phi) is 3.31. The van der Waals surface area contributed by atoms with E-state index in [0.717, 1.165) is 12.1 Å². The Bertz CT molecular complexity index is 1270. The largest absolute Gasteiger partial charge is 0.747 e. The van der Waals surface area contributed by atoms with Gasteiger partial charge in [-0.3, -0.25) is 4.79 Å². The van der Waals surface area contributed by atoms with Gasteiger partial charge in [0.2, 0.25) is 5.78 Å². The van der Waals surface area contributed by atoms with E-state index >= 15 is 0 Å². The summed E-state index contributed by atoms with van der Waals surface area (Å²) in [5.41, 5.74) is -4.45. The summed E-state index contributed by atoms with van der Waals surface area (Å²) in [6.45, 7) is 0. The molecule has 3 rings (SSSR count). The van der Waals surface area contributed by atoms with Crippen molar-refractivity contribution in [3.8, 4) is 0 Å². The fourth-order valence-corrected chi connectivity index (χ4v) is 3.60. The fraction of sp³-hybridized carbons (Fsp3) is 0.167. The lowest BCUT2D eigenvalue weighted by Crippen LogP contribution is -2.21.